The van der Waals surface area contributed by atoms with Crippen molar-refractivity contribution in [3.05, 3.63) is 53.6 Å². The number of ether oxygens (including phenoxy) is 1. The summed E-state index contributed by atoms with van der Waals surface area (Å²) in [6.07, 6.45) is 0. The van der Waals surface area contributed by atoms with Gasteiger partial charge in [-0.05, 0) is 63.2 Å². The normalized spacial score (nSPS) is 16.5. The van der Waals surface area contributed by atoms with Crippen LogP contribution in [-0.2, 0) is 9.84 Å². The van der Waals surface area contributed by atoms with Crippen molar-refractivity contribution in [3.8, 4) is 11.5 Å². The first-order valence-electron chi connectivity index (χ1n) is 7.41. The Morgan fingerprint density at radius 1 is 0.958 bits per heavy atom. The van der Waals surface area contributed by atoms with Gasteiger partial charge in [0.15, 0.2) is 0 Å². The summed E-state index contributed by atoms with van der Waals surface area (Å²) < 4.78 is 31.3. The second-order valence-electron chi connectivity index (χ2n) is 6.24. The lowest BCUT2D eigenvalue weighted by atomic mass is 9.92. The fourth-order valence-electron chi connectivity index (χ4n) is 2.55. The molecule has 24 heavy (non-hydrogen) atoms. The molecule has 1 heterocycles. The molecule has 0 unspecified atom stereocenters. The monoisotopic (exact) mass is 346 g/mol. The van der Waals surface area contributed by atoms with Gasteiger partial charge in [0, 0.05) is 5.57 Å². The number of hydrogen-bond donors (Lipinski definition) is 2. The van der Waals surface area contributed by atoms with Crippen molar-refractivity contribution >= 4 is 15.6 Å². The number of sulfone groups is 1. The largest absolute Gasteiger partial charge is 0.508 e. The third kappa shape index (κ3) is 2.53. The fourth-order valence-corrected chi connectivity index (χ4v) is 3.84. The van der Waals surface area contributed by atoms with E-state index >= 15 is 0 Å². The van der Waals surface area contributed by atoms with Gasteiger partial charge in [0.1, 0.15) is 22.9 Å². The maximum Gasteiger partial charge on any atom is 0.206 e. The second-order valence-corrected chi connectivity index (χ2v) is 8.19. The third-order valence-electron chi connectivity index (χ3n) is 4.29. The minimum Gasteiger partial charge on any atom is -0.508 e. The van der Waals surface area contributed by atoms with Crippen molar-refractivity contribution in [1.82, 2.24) is 0 Å². The third-order valence-corrected chi connectivity index (χ3v) is 6.05. The molecule has 3 rings (SSSR count). The van der Waals surface area contributed by atoms with Gasteiger partial charge in [0.2, 0.25) is 9.84 Å². The molecule has 0 bridgehead atoms. The highest BCUT2D eigenvalue weighted by molar-refractivity contribution is 7.91. The average Bonchev–Trinajstić information content (AvgIpc) is 2.52. The molecule has 0 atom stereocenters. The van der Waals surface area contributed by atoms with E-state index in [1.54, 1.807) is 13.0 Å². The highest BCUT2D eigenvalue weighted by atomic mass is 32.2. The van der Waals surface area contributed by atoms with Crippen molar-refractivity contribution in [3.63, 3.8) is 0 Å². The molecule has 0 spiro atoms. The molecule has 0 saturated heterocycles. The van der Waals surface area contributed by atoms with Crippen LogP contribution in [0.5, 0.6) is 11.5 Å². The van der Waals surface area contributed by atoms with Crippen molar-refractivity contribution in [2.24, 2.45) is 0 Å². The molecule has 0 radical (unpaired) electrons. The highest BCUT2D eigenvalue weighted by Crippen LogP contribution is 2.40. The summed E-state index contributed by atoms with van der Waals surface area (Å²) in [5.41, 5.74) is 0.329. The molecule has 5 nitrogen and oxygen atoms in total. The van der Waals surface area contributed by atoms with E-state index < -0.39 is 15.4 Å². The summed E-state index contributed by atoms with van der Waals surface area (Å²) >= 11 is 0. The van der Waals surface area contributed by atoms with Crippen molar-refractivity contribution in [1.29, 1.82) is 0 Å². The maximum absolute atomic E-state index is 12.7. The molecule has 2 N–H and O–H groups in total. The highest BCUT2D eigenvalue weighted by Gasteiger charge is 2.33. The molecule has 126 valence electrons. The van der Waals surface area contributed by atoms with Gasteiger partial charge in [0.05, 0.1) is 15.4 Å². The standard InChI is InChI=1S/C18H18O5S/c1-11-17(20)15-10-14(8-9-16(15)23-18(11,2)3)24(21,22)13-6-4-12(19)5-7-13/h4-10,19-20H,1-3H3. The lowest BCUT2D eigenvalue weighted by molar-refractivity contribution is 0.139. The molecule has 0 amide bonds. The van der Waals surface area contributed by atoms with Crippen molar-refractivity contribution in [2.75, 3.05) is 0 Å². The van der Waals surface area contributed by atoms with E-state index in [-0.39, 0.29) is 21.3 Å². The molecule has 0 fully saturated rings. The summed E-state index contributed by atoms with van der Waals surface area (Å²) in [7, 11) is -3.76. The van der Waals surface area contributed by atoms with E-state index in [0.717, 1.165) is 0 Å². The Morgan fingerprint density at radius 2 is 1.54 bits per heavy atom. The van der Waals surface area contributed by atoms with Gasteiger partial charge in [-0.3, -0.25) is 0 Å². The van der Waals surface area contributed by atoms with Crippen LogP contribution in [0, 0.1) is 0 Å². The number of rotatable bonds is 2. The van der Waals surface area contributed by atoms with Crippen molar-refractivity contribution < 1.29 is 23.4 Å². The quantitative estimate of drug-likeness (QED) is 0.866. The van der Waals surface area contributed by atoms with Crippen LogP contribution in [-0.4, -0.2) is 24.2 Å². The summed E-state index contributed by atoms with van der Waals surface area (Å²) in [4.78, 5) is 0.118. The first-order chi connectivity index (χ1) is 11.1. The SMILES string of the molecule is CC1=C(O)c2cc(S(=O)(=O)c3ccc(O)cc3)ccc2OC1(C)C. The van der Waals surface area contributed by atoms with E-state index in [0.29, 0.717) is 16.9 Å². The number of aromatic hydroxyl groups is 1. The summed E-state index contributed by atoms with van der Waals surface area (Å²) in [6, 6.07) is 9.72. The molecule has 6 heteroatoms. The zero-order chi connectivity index (χ0) is 17.7. The maximum atomic E-state index is 12.7. The van der Waals surface area contributed by atoms with Crippen LogP contribution >= 0.6 is 0 Å². The number of benzene rings is 2. The Bertz CT molecular complexity index is 938. The van der Waals surface area contributed by atoms with Gasteiger partial charge >= 0.3 is 0 Å². The van der Waals surface area contributed by atoms with E-state index in [1.807, 2.05) is 13.8 Å². The molecule has 1 aliphatic rings. The lowest BCUT2D eigenvalue weighted by Crippen LogP contribution is -2.33. The summed E-state index contributed by atoms with van der Waals surface area (Å²) in [5.74, 6) is 0.461. The van der Waals surface area contributed by atoms with E-state index in [1.165, 1.54) is 36.4 Å². The minimum atomic E-state index is -3.76. The van der Waals surface area contributed by atoms with Gasteiger partial charge in [-0.1, -0.05) is 0 Å². The number of phenols is 1. The van der Waals surface area contributed by atoms with Crippen LogP contribution in [0.2, 0.25) is 0 Å². The topological polar surface area (TPSA) is 83.8 Å². The zero-order valence-corrected chi connectivity index (χ0v) is 14.4. The molecular weight excluding hydrogens is 328 g/mol. The van der Waals surface area contributed by atoms with Gasteiger partial charge in [-0.2, -0.15) is 0 Å². The second kappa shape index (κ2) is 5.27. The molecule has 2 aromatic rings. The van der Waals surface area contributed by atoms with Gasteiger partial charge in [-0.25, -0.2) is 8.42 Å². The minimum absolute atomic E-state index is 0.00813. The van der Waals surface area contributed by atoms with Crippen LogP contribution in [0.1, 0.15) is 26.3 Å². The Hall–Kier alpha value is -2.47. The summed E-state index contributed by atoms with van der Waals surface area (Å²) in [5, 5.41) is 19.7. The molecule has 1 aliphatic heterocycles. The van der Waals surface area contributed by atoms with Gasteiger partial charge in [0.25, 0.3) is 0 Å². The van der Waals surface area contributed by atoms with E-state index in [4.69, 9.17) is 4.74 Å². The Balaban J connectivity index is 2.13. The molecule has 0 saturated carbocycles. The first kappa shape index (κ1) is 16.4. The summed E-state index contributed by atoms with van der Waals surface area (Å²) in [6.45, 7) is 5.42. The number of hydrogen-bond acceptors (Lipinski definition) is 5. The predicted octanol–water partition coefficient (Wildman–Crippen LogP) is 3.69. The number of aliphatic hydroxyl groups is 1. The van der Waals surface area contributed by atoms with E-state index in [2.05, 4.69) is 0 Å². The van der Waals surface area contributed by atoms with Crippen LogP contribution in [0.3, 0.4) is 0 Å². The molecular formula is C18H18O5S. The first-order valence-corrected chi connectivity index (χ1v) is 8.89. The number of phenolic OH excluding ortho intramolecular Hbond substituents is 1. The lowest BCUT2D eigenvalue weighted by Gasteiger charge is -2.33. The van der Waals surface area contributed by atoms with Crippen molar-refractivity contribution in [2.45, 2.75) is 36.2 Å². The fraction of sp³-hybridized carbons (Fsp3) is 0.222. The Labute approximate surface area is 140 Å². The number of fused-ring (bicyclic) bond motifs is 1. The van der Waals surface area contributed by atoms with Crippen LogP contribution < -0.4 is 4.74 Å². The van der Waals surface area contributed by atoms with E-state index in [9.17, 15) is 18.6 Å². The molecule has 0 aliphatic carbocycles. The van der Waals surface area contributed by atoms with Crippen LogP contribution in [0.25, 0.3) is 5.76 Å². The number of aliphatic hydroxyl groups excluding tert-OH is 1. The van der Waals surface area contributed by atoms with Crippen LogP contribution in [0.15, 0.2) is 57.8 Å². The van der Waals surface area contributed by atoms with Gasteiger partial charge in [-0.15, -0.1) is 0 Å². The molecule has 0 aromatic heterocycles. The molecule has 2 aromatic carbocycles. The van der Waals surface area contributed by atoms with Gasteiger partial charge < -0.3 is 14.9 Å². The predicted molar refractivity (Wildman–Crippen MR) is 89.9 cm³/mol. The smallest absolute Gasteiger partial charge is 0.206 e. The zero-order valence-electron chi connectivity index (χ0n) is 13.6. The van der Waals surface area contributed by atoms with Crippen LogP contribution in [0.4, 0.5) is 0 Å². The Morgan fingerprint density at radius 3 is 2.17 bits per heavy atom. The Kier molecular flexibility index (Phi) is 3.60. The average molecular weight is 346 g/mol.